The lowest BCUT2D eigenvalue weighted by Crippen LogP contribution is -2.13. The number of fused-ring (bicyclic) bond motifs is 1. The maximum atomic E-state index is 5.51. The quantitative estimate of drug-likeness (QED) is 0.690. The molecule has 0 amide bonds. The van der Waals surface area contributed by atoms with E-state index in [1.54, 1.807) is 7.11 Å². The summed E-state index contributed by atoms with van der Waals surface area (Å²) in [6.07, 6.45) is 3.35. The Kier molecular flexibility index (Phi) is 2.57. The number of ether oxygens (including phenoxy) is 1. The molecule has 0 aliphatic heterocycles. The fraction of sp³-hybridized carbons (Fsp3) is 0.467. The SMILES string of the molecule is COc1cc2c(cc1C(C)(C)C)C=C(C)C2. The van der Waals surface area contributed by atoms with Gasteiger partial charge in [-0.25, -0.2) is 0 Å². The smallest absolute Gasteiger partial charge is 0.122 e. The minimum Gasteiger partial charge on any atom is -0.496 e. The predicted molar refractivity (Wildman–Crippen MR) is 69.0 cm³/mol. The first kappa shape index (κ1) is 11.3. The minimum absolute atomic E-state index is 0.130. The van der Waals surface area contributed by atoms with Crippen LogP contribution in [0.2, 0.25) is 0 Å². The lowest BCUT2D eigenvalue weighted by atomic mass is 9.84. The second-order valence-electron chi connectivity index (χ2n) is 5.67. The van der Waals surface area contributed by atoms with Crippen molar-refractivity contribution in [3.05, 3.63) is 34.4 Å². The zero-order chi connectivity index (χ0) is 11.9. The molecule has 0 bridgehead atoms. The molecular formula is C15H20O. The van der Waals surface area contributed by atoms with Crippen molar-refractivity contribution in [2.45, 2.75) is 39.5 Å². The van der Waals surface area contributed by atoms with Crippen LogP contribution in [0.4, 0.5) is 0 Å². The number of methoxy groups -OCH3 is 1. The summed E-state index contributed by atoms with van der Waals surface area (Å²) in [6, 6.07) is 4.48. The predicted octanol–water partition coefficient (Wildman–Crippen LogP) is 3.95. The van der Waals surface area contributed by atoms with Crippen LogP contribution in [-0.2, 0) is 11.8 Å². The second-order valence-corrected chi connectivity index (χ2v) is 5.67. The lowest BCUT2D eigenvalue weighted by molar-refractivity contribution is 0.397. The summed E-state index contributed by atoms with van der Waals surface area (Å²) >= 11 is 0. The standard InChI is InChI=1S/C15H20O/c1-10-6-11-8-13(15(2,3)4)14(16-5)9-12(11)7-10/h6,8-9H,7H2,1-5H3. The summed E-state index contributed by atoms with van der Waals surface area (Å²) in [5.74, 6) is 1.02. The Morgan fingerprint density at radius 3 is 2.44 bits per heavy atom. The molecule has 0 spiro atoms. The van der Waals surface area contributed by atoms with Crippen LogP contribution in [-0.4, -0.2) is 7.11 Å². The number of allylic oxidation sites excluding steroid dienone is 1. The van der Waals surface area contributed by atoms with E-state index in [1.165, 1.54) is 22.3 Å². The maximum Gasteiger partial charge on any atom is 0.122 e. The van der Waals surface area contributed by atoms with Gasteiger partial charge in [0.05, 0.1) is 7.11 Å². The van der Waals surface area contributed by atoms with Crippen molar-refractivity contribution in [2.75, 3.05) is 7.11 Å². The molecule has 1 aromatic carbocycles. The van der Waals surface area contributed by atoms with Crippen LogP contribution in [0.5, 0.6) is 5.75 Å². The molecule has 0 unspecified atom stereocenters. The topological polar surface area (TPSA) is 9.23 Å². The van der Waals surface area contributed by atoms with Gasteiger partial charge in [-0.05, 0) is 42.0 Å². The molecule has 0 saturated heterocycles. The van der Waals surface area contributed by atoms with Crippen LogP contribution in [0.3, 0.4) is 0 Å². The largest absolute Gasteiger partial charge is 0.496 e. The molecule has 1 aliphatic rings. The third-order valence-corrected chi connectivity index (χ3v) is 3.14. The van der Waals surface area contributed by atoms with Gasteiger partial charge in [0, 0.05) is 5.56 Å². The Bertz CT molecular complexity index is 447. The van der Waals surface area contributed by atoms with E-state index in [9.17, 15) is 0 Å². The van der Waals surface area contributed by atoms with E-state index >= 15 is 0 Å². The van der Waals surface area contributed by atoms with Gasteiger partial charge in [-0.15, -0.1) is 0 Å². The van der Waals surface area contributed by atoms with E-state index in [1.807, 2.05) is 0 Å². The van der Waals surface area contributed by atoms with Crippen LogP contribution in [0.1, 0.15) is 44.4 Å². The van der Waals surface area contributed by atoms with Gasteiger partial charge in [0.25, 0.3) is 0 Å². The highest BCUT2D eigenvalue weighted by atomic mass is 16.5. The Balaban J connectivity index is 2.57. The highest BCUT2D eigenvalue weighted by molar-refractivity contribution is 5.66. The molecule has 0 atom stereocenters. The van der Waals surface area contributed by atoms with Gasteiger partial charge in [-0.2, -0.15) is 0 Å². The van der Waals surface area contributed by atoms with Crippen LogP contribution < -0.4 is 4.74 Å². The zero-order valence-electron chi connectivity index (χ0n) is 10.8. The fourth-order valence-electron chi connectivity index (χ4n) is 2.30. The summed E-state index contributed by atoms with van der Waals surface area (Å²) in [4.78, 5) is 0. The molecule has 1 aromatic rings. The molecule has 86 valence electrons. The molecule has 0 aromatic heterocycles. The Morgan fingerprint density at radius 2 is 1.88 bits per heavy atom. The minimum atomic E-state index is 0.130. The summed E-state index contributed by atoms with van der Waals surface area (Å²) in [5, 5.41) is 0. The Labute approximate surface area is 98.1 Å². The van der Waals surface area contributed by atoms with Crippen LogP contribution in [0, 0.1) is 0 Å². The third-order valence-electron chi connectivity index (χ3n) is 3.14. The number of hydrogen-bond acceptors (Lipinski definition) is 1. The Hall–Kier alpha value is -1.24. The second kappa shape index (κ2) is 3.65. The molecule has 1 aliphatic carbocycles. The van der Waals surface area contributed by atoms with E-state index in [0.29, 0.717) is 0 Å². The van der Waals surface area contributed by atoms with E-state index in [4.69, 9.17) is 4.74 Å². The first-order valence-corrected chi connectivity index (χ1v) is 5.80. The number of hydrogen-bond donors (Lipinski definition) is 0. The van der Waals surface area contributed by atoms with Crippen LogP contribution >= 0.6 is 0 Å². The van der Waals surface area contributed by atoms with Gasteiger partial charge in [0.15, 0.2) is 0 Å². The molecule has 0 radical (unpaired) electrons. The molecule has 0 fully saturated rings. The molecule has 0 N–H and O–H groups in total. The van der Waals surface area contributed by atoms with E-state index < -0.39 is 0 Å². The highest BCUT2D eigenvalue weighted by Gasteiger charge is 2.22. The molecule has 0 heterocycles. The van der Waals surface area contributed by atoms with Gasteiger partial charge in [0.1, 0.15) is 5.75 Å². The van der Waals surface area contributed by atoms with E-state index in [-0.39, 0.29) is 5.41 Å². The van der Waals surface area contributed by atoms with Crippen molar-refractivity contribution in [3.63, 3.8) is 0 Å². The van der Waals surface area contributed by atoms with Crippen molar-refractivity contribution in [3.8, 4) is 5.75 Å². The van der Waals surface area contributed by atoms with Crippen molar-refractivity contribution in [1.82, 2.24) is 0 Å². The fourth-order valence-corrected chi connectivity index (χ4v) is 2.30. The maximum absolute atomic E-state index is 5.51. The van der Waals surface area contributed by atoms with Gasteiger partial charge in [-0.3, -0.25) is 0 Å². The summed E-state index contributed by atoms with van der Waals surface area (Å²) in [7, 11) is 1.76. The first-order chi connectivity index (χ1) is 7.41. The normalized spacial score (nSPS) is 14.7. The summed E-state index contributed by atoms with van der Waals surface area (Å²) in [6.45, 7) is 8.86. The van der Waals surface area contributed by atoms with Gasteiger partial charge in [0.2, 0.25) is 0 Å². The first-order valence-electron chi connectivity index (χ1n) is 5.80. The van der Waals surface area contributed by atoms with E-state index in [0.717, 1.165) is 12.2 Å². The van der Waals surface area contributed by atoms with Crippen LogP contribution in [0.25, 0.3) is 6.08 Å². The molecule has 0 saturated carbocycles. The molecular weight excluding hydrogens is 196 g/mol. The average Bonchev–Trinajstić information content (AvgIpc) is 2.53. The lowest BCUT2D eigenvalue weighted by Gasteiger charge is -2.23. The zero-order valence-corrected chi connectivity index (χ0v) is 10.8. The van der Waals surface area contributed by atoms with Gasteiger partial charge in [-0.1, -0.05) is 32.4 Å². The van der Waals surface area contributed by atoms with Gasteiger partial charge < -0.3 is 4.74 Å². The van der Waals surface area contributed by atoms with Crippen LogP contribution in [0.15, 0.2) is 17.7 Å². The average molecular weight is 216 g/mol. The highest BCUT2D eigenvalue weighted by Crippen LogP contribution is 2.37. The van der Waals surface area contributed by atoms with Crippen molar-refractivity contribution in [2.24, 2.45) is 0 Å². The Morgan fingerprint density at radius 1 is 1.19 bits per heavy atom. The van der Waals surface area contributed by atoms with E-state index in [2.05, 4.69) is 45.9 Å². The molecule has 1 nitrogen and oxygen atoms in total. The summed E-state index contributed by atoms with van der Waals surface area (Å²) < 4.78 is 5.51. The molecule has 1 heteroatoms. The molecule has 2 rings (SSSR count). The monoisotopic (exact) mass is 216 g/mol. The van der Waals surface area contributed by atoms with Crippen molar-refractivity contribution < 1.29 is 4.74 Å². The van der Waals surface area contributed by atoms with Crippen molar-refractivity contribution in [1.29, 1.82) is 0 Å². The van der Waals surface area contributed by atoms with Gasteiger partial charge >= 0.3 is 0 Å². The van der Waals surface area contributed by atoms with Crippen molar-refractivity contribution >= 4 is 6.08 Å². The molecule has 16 heavy (non-hydrogen) atoms. The summed E-state index contributed by atoms with van der Waals surface area (Å²) in [5.41, 5.74) is 5.61. The number of rotatable bonds is 1. The number of benzene rings is 1. The third kappa shape index (κ3) is 1.87.